The molecule has 0 bridgehead atoms. The molecule has 0 aliphatic rings. The molecule has 0 atom stereocenters. The monoisotopic (exact) mass is 337 g/mol. The Kier molecular flexibility index (Phi) is 2.97. The van der Waals surface area contributed by atoms with Gasteiger partial charge in [-0.2, -0.15) is 0 Å². The van der Waals surface area contributed by atoms with E-state index in [1.807, 2.05) is 0 Å². The first-order valence-electron chi connectivity index (χ1n) is 5.87. The third kappa shape index (κ3) is 1.87. The van der Waals surface area contributed by atoms with Gasteiger partial charge >= 0.3 is 0 Å². The highest BCUT2D eigenvalue weighted by Crippen LogP contribution is 2.29. The third-order valence-electron chi connectivity index (χ3n) is 3.13. The molecule has 0 unspecified atom stereocenters. The van der Waals surface area contributed by atoms with Crippen LogP contribution in [0.5, 0.6) is 0 Å². The molecular formula is C14H10BrF2N3. The molecule has 6 heteroatoms. The molecule has 20 heavy (non-hydrogen) atoms. The zero-order valence-electron chi connectivity index (χ0n) is 10.5. The van der Waals surface area contributed by atoms with E-state index in [9.17, 15) is 8.78 Å². The van der Waals surface area contributed by atoms with E-state index >= 15 is 0 Å². The standard InChI is InChI=1S/C14H10BrF2N3/c1-7-2-4-9(16)13(12(7)17)20-11-5-3-8(15)6-10(11)19-14(20)18/h2-6H,1H3,(H2,18,19). The first-order valence-corrected chi connectivity index (χ1v) is 6.67. The van der Waals surface area contributed by atoms with Crippen molar-refractivity contribution in [2.45, 2.75) is 6.92 Å². The van der Waals surface area contributed by atoms with Gasteiger partial charge in [-0.05, 0) is 36.8 Å². The minimum Gasteiger partial charge on any atom is -0.369 e. The van der Waals surface area contributed by atoms with Crippen molar-refractivity contribution in [3.05, 3.63) is 52.0 Å². The summed E-state index contributed by atoms with van der Waals surface area (Å²) in [6.07, 6.45) is 0. The average molecular weight is 338 g/mol. The SMILES string of the molecule is Cc1ccc(F)c(-n2c(N)nc3cc(Br)ccc32)c1F. The van der Waals surface area contributed by atoms with Crippen molar-refractivity contribution >= 4 is 32.9 Å². The fraction of sp³-hybridized carbons (Fsp3) is 0.0714. The molecule has 3 nitrogen and oxygen atoms in total. The molecule has 1 aromatic heterocycles. The van der Waals surface area contributed by atoms with E-state index in [0.29, 0.717) is 16.6 Å². The normalized spacial score (nSPS) is 11.2. The number of anilines is 1. The van der Waals surface area contributed by atoms with Gasteiger partial charge in [0, 0.05) is 4.47 Å². The molecule has 3 aromatic rings. The lowest BCUT2D eigenvalue weighted by molar-refractivity contribution is 0.566. The molecule has 2 N–H and O–H groups in total. The minimum absolute atomic E-state index is 0.0431. The predicted octanol–water partition coefficient (Wildman–Crippen LogP) is 3.96. The van der Waals surface area contributed by atoms with Gasteiger partial charge in [0.25, 0.3) is 0 Å². The number of aromatic nitrogens is 2. The van der Waals surface area contributed by atoms with Crippen molar-refractivity contribution in [2.24, 2.45) is 0 Å². The zero-order valence-corrected chi connectivity index (χ0v) is 12.1. The van der Waals surface area contributed by atoms with Crippen LogP contribution in [0, 0.1) is 18.6 Å². The molecule has 3 rings (SSSR count). The highest BCUT2D eigenvalue weighted by Gasteiger charge is 2.19. The first kappa shape index (κ1) is 13.1. The number of imidazole rings is 1. The molecule has 102 valence electrons. The van der Waals surface area contributed by atoms with Crippen LogP contribution in [0.3, 0.4) is 0 Å². The smallest absolute Gasteiger partial charge is 0.206 e. The van der Waals surface area contributed by atoms with E-state index in [0.717, 1.165) is 4.47 Å². The third-order valence-corrected chi connectivity index (χ3v) is 3.62. The molecular weight excluding hydrogens is 328 g/mol. The van der Waals surface area contributed by atoms with Gasteiger partial charge in [-0.3, -0.25) is 4.57 Å². The van der Waals surface area contributed by atoms with Crippen LogP contribution >= 0.6 is 15.9 Å². The van der Waals surface area contributed by atoms with Crippen LogP contribution in [0.2, 0.25) is 0 Å². The number of nitrogens with zero attached hydrogens (tertiary/aromatic N) is 2. The summed E-state index contributed by atoms with van der Waals surface area (Å²) in [5, 5.41) is 0. The Bertz CT molecular complexity index is 827. The summed E-state index contributed by atoms with van der Waals surface area (Å²) in [6.45, 7) is 1.57. The van der Waals surface area contributed by atoms with E-state index in [-0.39, 0.29) is 11.6 Å². The van der Waals surface area contributed by atoms with Gasteiger partial charge in [0.05, 0.1) is 11.0 Å². The fourth-order valence-electron chi connectivity index (χ4n) is 2.15. The van der Waals surface area contributed by atoms with Gasteiger partial charge in [0.15, 0.2) is 5.82 Å². The number of halogens is 3. The maximum atomic E-state index is 14.3. The number of nitrogen functional groups attached to an aromatic ring is 1. The summed E-state index contributed by atoms with van der Waals surface area (Å²) < 4.78 is 30.4. The van der Waals surface area contributed by atoms with E-state index < -0.39 is 11.6 Å². The van der Waals surface area contributed by atoms with Gasteiger partial charge < -0.3 is 5.73 Å². The molecule has 0 amide bonds. The molecule has 0 radical (unpaired) electrons. The van der Waals surface area contributed by atoms with Gasteiger partial charge in [-0.15, -0.1) is 0 Å². The Labute approximate surface area is 122 Å². The maximum Gasteiger partial charge on any atom is 0.206 e. The Balaban J connectivity index is 2.41. The fourth-order valence-corrected chi connectivity index (χ4v) is 2.50. The molecule has 0 aliphatic carbocycles. The molecule has 2 aromatic carbocycles. The minimum atomic E-state index is -0.679. The largest absolute Gasteiger partial charge is 0.369 e. The second kappa shape index (κ2) is 4.56. The quantitative estimate of drug-likeness (QED) is 0.730. The Morgan fingerprint density at radius 3 is 2.70 bits per heavy atom. The Morgan fingerprint density at radius 1 is 1.20 bits per heavy atom. The summed E-state index contributed by atoms with van der Waals surface area (Å²) in [5.74, 6) is -1.28. The van der Waals surface area contributed by atoms with E-state index in [1.54, 1.807) is 25.1 Å². The van der Waals surface area contributed by atoms with Crippen molar-refractivity contribution in [3.8, 4) is 5.69 Å². The van der Waals surface area contributed by atoms with Crippen LogP contribution in [0.4, 0.5) is 14.7 Å². The highest BCUT2D eigenvalue weighted by molar-refractivity contribution is 9.10. The number of benzene rings is 2. The topological polar surface area (TPSA) is 43.8 Å². The lowest BCUT2D eigenvalue weighted by Gasteiger charge is -2.10. The van der Waals surface area contributed by atoms with Crippen LogP contribution in [0.1, 0.15) is 5.56 Å². The van der Waals surface area contributed by atoms with Crippen molar-refractivity contribution < 1.29 is 8.78 Å². The molecule has 1 heterocycles. The van der Waals surface area contributed by atoms with E-state index in [2.05, 4.69) is 20.9 Å². The average Bonchev–Trinajstić information content (AvgIpc) is 2.70. The van der Waals surface area contributed by atoms with Crippen molar-refractivity contribution in [2.75, 3.05) is 5.73 Å². The molecule has 0 fully saturated rings. The number of fused-ring (bicyclic) bond motifs is 1. The first-order chi connectivity index (χ1) is 9.49. The van der Waals surface area contributed by atoms with Gasteiger partial charge in [0.2, 0.25) is 5.95 Å². The second-order valence-corrected chi connectivity index (χ2v) is 5.38. The van der Waals surface area contributed by atoms with Crippen molar-refractivity contribution in [1.82, 2.24) is 9.55 Å². The molecule has 0 saturated carbocycles. The highest BCUT2D eigenvalue weighted by atomic mass is 79.9. The van der Waals surface area contributed by atoms with E-state index in [1.165, 1.54) is 16.7 Å². The molecule has 0 saturated heterocycles. The van der Waals surface area contributed by atoms with Crippen LogP contribution in [-0.2, 0) is 0 Å². The number of nitrogens with two attached hydrogens (primary N) is 1. The second-order valence-electron chi connectivity index (χ2n) is 4.47. The number of hydrogen-bond acceptors (Lipinski definition) is 2. The van der Waals surface area contributed by atoms with Gasteiger partial charge in [-0.25, -0.2) is 13.8 Å². The summed E-state index contributed by atoms with van der Waals surface area (Å²) >= 11 is 3.32. The van der Waals surface area contributed by atoms with Crippen LogP contribution in [0.25, 0.3) is 16.7 Å². The number of aryl methyl sites for hydroxylation is 1. The Morgan fingerprint density at radius 2 is 1.95 bits per heavy atom. The van der Waals surface area contributed by atoms with Crippen LogP contribution < -0.4 is 5.73 Å². The van der Waals surface area contributed by atoms with Crippen molar-refractivity contribution in [1.29, 1.82) is 0 Å². The summed E-state index contributed by atoms with van der Waals surface area (Å²) in [5.41, 5.74) is 7.09. The maximum absolute atomic E-state index is 14.3. The number of rotatable bonds is 1. The number of hydrogen-bond donors (Lipinski definition) is 1. The Hall–Kier alpha value is -1.95. The van der Waals surface area contributed by atoms with Crippen molar-refractivity contribution in [3.63, 3.8) is 0 Å². The predicted molar refractivity (Wildman–Crippen MR) is 77.8 cm³/mol. The van der Waals surface area contributed by atoms with Gasteiger partial charge in [0.1, 0.15) is 11.5 Å². The van der Waals surface area contributed by atoms with E-state index in [4.69, 9.17) is 5.73 Å². The summed E-state index contributed by atoms with van der Waals surface area (Å²) in [7, 11) is 0. The molecule has 0 aliphatic heterocycles. The summed E-state index contributed by atoms with van der Waals surface area (Å²) in [4.78, 5) is 4.14. The van der Waals surface area contributed by atoms with Crippen LogP contribution in [0.15, 0.2) is 34.8 Å². The lowest BCUT2D eigenvalue weighted by atomic mass is 10.2. The zero-order chi connectivity index (χ0) is 14.4. The van der Waals surface area contributed by atoms with Crippen LogP contribution in [-0.4, -0.2) is 9.55 Å². The summed E-state index contributed by atoms with van der Waals surface area (Å²) in [6, 6.07) is 7.83. The lowest BCUT2D eigenvalue weighted by Crippen LogP contribution is -2.06. The molecule has 0 spiro atoms. The van der Waals surface area contributed by atoms with Gasteiger partial charge in [-0.1, -0.05) is 22.0 Å².